The Morgan fingerprint density at radius 3 is 2.65 bits per heavy atom. The van der Waals surface area contributed by atoms with Crippen LogP contribution in [-0.2, 0) is 4.74 Å². The number of halogens is 1. The lowest BCUT2D eigenvalue weighted by atomic mass is 9.73. The van der Waals surface area contributed by atoms with Gasteiger partial charge in [0, 0.05) is 22.5 Å². The molecule has 4 heterocycles. The Kier molecular flexibility index (Phi) is 4.39. The molecule has 0 radical (unpaired) electrons. The van der Waals surface area contributed by atoms with Crippen LogP contribution in [0, 0.1) is 12.3 Å². The number of esters is 1. The third kappa shape index (κ3) is 2.98. The van der Waals surface area contributed by atoms with Crippen LogP contribution in [0.15, 0.2) is 24.4 Å². The Morgan fingerprint density at radius 2 is 1.96 bits per heavy atom. The maximum absolute atomic E-state index is 12.5. The molecule has 3 aliphatic heterocycles. The van der Waals surface area contributed by atoms with Gasteiger partial charge in [0.05, 0.1) is 12.2 Å². The van der Waals surface area contributed by atoms with Crippen LogP contribution in [0.2, 0.25) is 0 Å². The van der Waals surface area contributed by atoms with Gasteiger partial charge in [0.15, 0.2) is 0 Å². The monoisotopic (exact) mass is 334 g/mol. The Labute approximate surface area is 142 Å². The van der Waals surface area contributed by atoms with E-state index in [1.165, 1.54) is 5.56 Å². The number of fused-ring (bicyclic) bond motifs is 4. The smallest absolute Gasteiger partial charge is 0.340 e. The summed E-state index contributed by atoms with van der Waals surface area (Å²) in [7, 11) is 0. The molecule has 0 atom stereocenters. The topological polar surface area (TPSA) is 45.3 Å². The van der Waals surface area contributed by atoms with Crippen LogP contribution in [0.5, 0.6) is 0 Å². The van der Waals surface area contributed by atoms with Crippen LogP contribution >= 0.6 is 12.4 Å². The summed E-state index contributed by atoms with van der Waals surface area (Å²) in [6.07, 6.45) is 5.25. The maximum Gasteiger partial charge on any atom is 0.340 e. The van der Waals surface area contributed by atoms with E-state index < -0.39 is 0 Å². The van der Waals surface area contributed by atoms with Crippen LogP contribution < -0.4 is 0 Å². The van der Waals surface area contributed by atoms with Crippen LogP contribution in [0.25, 0.3) is 10.9 Å². The fraction of sp³-hybridized carbons (Fsp3) is 0.500. The van der Waals surface area contributed by atoms with Crippen molar-refractivity contribution >= 4 is 29.3 Å². The van der Waals surface area contributed by atoms with Crippen LogP contribution in [0.3, 0.4) is 0 Å². The summed E-state index contributed by atoms with van der Waals surface area (Å²) in [6, 6.07) is 6.08. The molecule has 1 aromatic carbocycles. The molecule has 0 aliphatic carbocycles. The van der Waals surface area contributed by atoms with Gasteiger partial charge in [-0.05, 0) is 57.5 Å². The van der Waals surface area contributed by atoms with Crippen LogP contribution in [-0.4, -0.2) is 42.1 Å². The van der Waals surface area contributed by atoms with Crippen LogP contribution in [0.4, 0.5) is 0 Å². The lowest BCUT2D eigenvalue weighted by molar-refractivity contribution is -0.0304. The molecule has 0 amide bonds. The number of hydrogen-bond donors (Lipinski definition) is 1. The van der Waals surface area contributed by atoms with E-state index in [-0.39, 0.29) is 23.8 Å². The molecule has 1 N–H and O–H groups in total. The summed E-state index contributed by atoms with van der Waals surface area (Å²) in [4.78, 5) is 18.1. The van der Waals surface area contributed by atoms with Gasteiger partial charge in [-0.1, -0.05) is 12.1 Å². The summed E-state index contributed by atoms with van der Waals surface area (Å²) in [5, 5.41) is 0.951. The predicted molar refractivity (Wildman–Crippen MR) is 93.3 cm³/mol. The number of aromatic nitrogens is 1. The van der Waals surface area contributed by atoms with Crippen molar-refractivity contribution in [3.05, 3.63) is 35.5 Å². The highest BCUT2D eigenvalue weighted by atomic mass is 35.5. The number of nitrogens with zero attached hydrogens (tertiary/aromatic N) is 1. The first-order valence-corrected chi connectivity index (χ1v) is 8.13. The molecule has 5 rings (SSSR count). The summed E-state index contributed by atoms with van der Waals surface area (Å²) < 4.78 is 5.71. The first kappa shape index (κ1) is 16.3. The number of benzene rings is 1. The minimum Gasteiger partial charge on any atom is -0.461 e. The van der Waals surface area contributed by atoms with Gasteiger partial charge in [-0.15, -0.1) is 12.4 Å². The van der Waals surface area contributed by atoms with E-state index in [4.69, 9.17) is 4.74 Å². The van der Waals surface area contributed by atoms with Gasteiger partial charge >= 0.3 is 5.97 Å². The third-order valence-corrected chi connectivity index (χ3v) is 5.44. The molecule has 1 aromatic heterocycles. The SMILES string of the molecule is Cc1ccc2c(C(=O)OCC34CCN(CC3)CC4)c[nH]c2c1.Cl. The number of rotatable bonds is 3. The predicted octanol–water partition coefficient (Wildman–Crippen LogP) is 3.54. The van der Waals surface area contributed by atoms with Crippen molar-refractivity contribution < 1.29 is 9.53 Å². The van der Waals surface area contributed by atoms with Crippen molar-refractivity contribution in [1.29, 1.82) is 0 Å². The number of hydrogen-bond acceptors (Lipinski definition) is 3. The van der Waals surface area contributed by atoms with Crippen LogP contribution in [0.1, 0.15) is 35.2 Å². The molecule has 2 bridgehead atoms. The average Bonchev–Trinajstić information content (AvgIpc) is 2.97. The number of ether oxygens (including phenoxy) is 1. The third-order valence-electron chi connectivity index (χ3n) is 5.44. The Hall–Kier alpha value is -1.52. The molecule has 4 nitrogen and oxygen atoms in total. The van der Waals surface area contributed by atoms with Crippen molar-refractivity contribution in [2.45, 2.75) is 26.2 Å². The molecule has 3 aliphatic rings. The van der Waals surface area contributed by atoms with Gasteiger partial charge in [0.25, 0.3) is 0 Å². The lowest BCUT2D eigenvalue weighted by Gasteiger charge is -2.47. The lowest BCUT2D eigenvalue weighted by Crippen LogP contribution is -2.50. The van der Waals surface area contributed by atoms with E-state index in [9.17, 15) is 4.79 Å². The fourth-order valence-electron chi connectivity index (χ4n) is 3.82. The number of nitrogens with one attached hydrogen (secondary N) is 1. The van der Waals surface area contributed by atoms with E-state index in [1.54, 1.807) is 6.20 Å². The maximum atomic E-state index is 12.5. The molecule has 3 fully saturated rings. The summed E-state index contributed by atoms with van der Waals surface area (Å²) in [5.74, 6) is -0.197. The van der Waals surface area contributed by atoms with Gasteiger partial charge in [-0.3, -0.25) is 0 Å². The Morgan fingerprint density at radius 1 is 1.26 bits per heavy atom. The second kappa shape index (κ2) is 6.17. The fourth-order valence-corrected chi connectivity index (χ4v) is 3.82. The molecule has 2 aromatic rings. The molecule has 0 spiro atoms. The molecular formula is C18H23ClN2O2. The standard InChI is InChI=1S/C18H22N2O2.ClH/c1-13-2-3-14-15(11-19-16(14)10-13)17(21)22-12-18-4-7-20(8-5-18)9-6-18;/h2-3,10-11,19H,4-9,12H2,1H3;1H. The second-order valence-electron chi connectivity index (χ2n) is 6.92. The van der Waals surface area contributed by atoms with Crippen molar-refractivity contribution in [2.75, 3.05) is 26.2 Å². The molecule has 124 valence electrons. The zero-order chi connectivity index (χ0) is 15.2. The van der Waals surface area contributed by atoms with Gasteiger partial charge in [-0.2, -0.15) is 0 Å². The highest BCUT2D eigenvalue weighted by Gasteiger charge is 2.40. The highest BCUT2D eigenvalue weighted by Crippen LogP contribution is 2.40. The van der Waals surface area contributed by atoms with E-state index >= 15 is 0 Å². The Bertz CT molecular complexity index is 703. The van der Waals surface area contributed by atoms with Gasteiger partial charge < -0.3 is 14.6 Å². The Balaban J connectivity index is 0.00000156. The minimum absolute atomic E-state index is 0. The van der Waals surface area contributed by atoms with Crippen molar-refractivity contribution in [2.24, 2.45) is 5.41 Å². The quantitative estimate of drug-likeness (QED) is 0.873. The zero-order valence-corrected chi connectivity index (χ0v) is 14.2. The second-order valence-corrected chi connectivity index (χ2v) is 6.92. The molecule has 0 saturated carbocycles. The van der Waals surface area contributed by atoms with Gasteiger partial charge in [-0.25, -0.2) is 4.79 Å². The minimum atomic E-state index is -0.197. The average molecular weight is 335 g/mol. The number of carbonyl (C=O) groups excluding carboxylic acids is 1. The largest absolute Gasteiger partial charge is 0.461 e. The first-order chi connectivity index (χ1) is 10.7. The summed E-state index contributed by atoms with van der Waals surface area (Å²) >= 11 is 0. The normalized spacial score (nSPS) is 26.0. The number of aryl methyl sites for hydroxylation is 1. The molecule has 5 heteroatoms. The van der Waals surface area contributed by atoms with E-state index in [1.807, 2.05) is 19.1 Å². The van der Waals surface area contributed by atoms with Crippen molar-refractivity contribution in [1.82, 2.24) is 9.88 Å². The van der Waals surface area contributed by atoms with E-state index in [0.29, 0.717) is 12.2 Å². The number of H-pyrrole nitrogens is 1. The summed E-state index contributed by atoms with van der Waals surface area (Å²) in [5.41, 5.74) is 3.06. The zero-order valence-electron chi connectivity index (χ0n) is 13.4. The van der Waals surface area contributed by atoms with Gasteiger partial charge in [0.2, 0.25) is 0 Å². The summed E-state index contributed by atoms with van der Waals surface area (Å²) in [6.45, 7) is 6.09. The van der Waals surface area contributed by atoms with E-state index in [0.717, 1.165) is 49.8 Å². The number of aromatic amines is 1. The van der Waals surface area contributed by atoms with Crippen molar-refractivity contribution in [3.63, 3.8) is 0 Å². The molecule has 3 saturated heterocycles. The van der Waals surface area contributed by atoms with Gasteiger partial charge in [0.1, 0.15) is 0 Å². The molecule has 0 unspecified atom stereocenters. The first-order valence-electron chi connectivity index (χ1n) is 8.13. The molecule has 23 heavy (non-hydrogen) atoms. The highest BCUT2D eigenvalue weighted by molar-refractivity contribution is 6.04. The number of piperidine rings is 3. The van der Waals surface area contributed by atoms with E-state index in [2.05, 4.69) is 16.0 Å². The molecular weight excluding hydrogens is 312 g/mol. The van der Waals surface area contributed by atoms with Crippen molar-refractivity contribution in [3.8, 4) is 0 Å². The number of carbonyl (C=O) groups is 1.